The van der Waals surface area contributed by atoms with Gasteiger partial charge in [0.1, 0.15) is 6.04 Å². The Hall–Kier alpha value is -2.04. The topological polar surface area (TPSA) is 61.4 Å². The van der Waals surface area contributed by atoms with E-state index in [1.165, 1.54) is 6.42 Å². The molecule has 2 fully saturated rings. The van der Waals surface area contributed by atoms with Crippen LogP contribution >= 0.6 is 0 Å². The van der Waals surface area contributed by atoms with E-state index in [1.807, 2.05) is 31.3 Å². The highest BCUT2D eigenvalue weighted by Crippen LogP contribution is 2.26. The number of rotatable bonds is 4. The van der Waals surface area contributed by atoms with E-state index in [2.05, 4.69) is 10.6 Å². The summed E-state index contributed by atoms with van der Waals surface area (Å²) in [5.41, 5.74) is 1.67. The fraction of sp³-hybridized carbons (Fsp3) is 0.556. The maximum absolute atomic E-state index is 12.3. The molecule has 0 spiro atoms. The molecule has 0 bridgehead atoms. The molecule has 0 aromatic heterocycles. The van der Waals surface area contributed by atoms with Crippen LogP contribution < -0.4 is 10.6 Å². The number of likely N-dealkylation sites (tertiary alicyclic amines) is 1. The molecule has 1 saturated carbocycles. The fourth-order valence-corrected chi connectivity index (χ4v) is 3.45. The van der Waals surface area contributed by atoms with Crippen molar-refractivity contribution in [1.29, 1.82) is 0 Å². The number of carbonyl (C=O) groups excluding carboxylic acids is 2. The Morgan fingerprint density at radius 1 is 1.13 bits per heavy atom. The van der Waals surface area contributed by atoms with Crippen molar-refractivity contribution >= 4 is 23.2 Å². The third kappa shape index (κ3) is 3.84. The van der Waals surface area contributed by atoms with Gasteiger partial charge in [0.2, 0.25) is 11.8 Å². The lowest BCUT2D eigenvalue weighted by Crippen LogP contribution is -2.31. The van der Waals surface area contributed by atoms with Gasteiger partial charge >= 0.3 is 0 Å². The van der Waals surface area contributed by atoms with Gasteiger partial charge in [-0.25, -0.2) is 0 Å². The number of anilines is 2. The smallest absolute Gasteiger partial charge is 0.244 e. The first-order valence-corrected chi connectivity index (χ1v) is 8.56. The van der Waals surface area contributed by atoms with Crippen LogP contribution in [0.2, 0.25) is 0 Å². The molecule has 1 heterocycles. The lowest BCUT2D eigenvalue weighted by molar-refractivity contribution is -0.127. The second-order valence-electron chi connectivity index (χ2n) is 6.65. The van der Waals surface area contributed by atoms with Crippen LogP contribution in [0.25, 0.3) is 0 Å². The summed E-state index contributed by atoms with van der Waals surface area (Å²) in [5.74, 6) is 0.394. The van der Waals surface area contributed by atoms with E-state index in [9.17, 15) is 9.59 Å². The van der Waals surface area contributed by atoms with E-state index >= 15 is 0 Å². The maximum atomic E-state index is 12.3. The number of hydrogen-bond donors (Lipinski definition) is 2. The Morgan fingerprint density at radius 3 is 2.57 bits per heavy atom. The van der Waals surface area contributed by atoms with Gasteiger partial charge in [-0.05, 0) is 37.5 Å². The number of likely N-dealkylation sites (N-methyl/N-ethyl adjacent to an activating group) is 1. The van der Waals surface area contributed by atoms with Crippen LogP contribution in [0.1, 0.15) is 38.5 Å². The molecule has 1 atom stereocenters. The quantitative estimate of drug-likeness (QED) is 0.898. The molecule has 124 valence electrons. The van der Waals surface area contributed by atoms with E-state index in [0.717, 1.165) is 50.0 Å². The minimum absolute atomic E-state index is 0.124. The molecule has 1 aromatic carbocycles. The average Bonchev–Trinajstić information content (AvgIpc) is 2.88. The van der Waals surface area contributed by atoms with Gasteiger partial charge < -0.3 is 15.5 Å². The van der Waals surface area contributed by atoms with Crippen molar-refractivity contribution in [3.63, 3.8) is 0 Å². The Kier molecular flexibility index (Phi) is 4.84. The van der Waals surface area contributed by atoms with Crippen molar-refractivity contribution in [2.75, 3.05) is 24.2 Å². The number of carbonyl (C=O) groups is 2. The first-order chi connectivity index (χ1) is 11.1. The predicted molar refractivity (Wildman–Crippen MR) is 91.3 cm³/mol. The van der Waals surface area contributed by atoms with Gasteiger partial charge in [-0.3, -0.25) is 9.59 Å². The first kappa shape index (κ1) is 15.8. The molecule has 1 aliphatic carbocycles. The SMILES string of the molecule is CN1CCC(Nc2cccc(NC(=O)C3CCCCC3)c2)C1=O. The van der Waals surface area contributed by atoms with E-state index in [1.54, 1.807) is 4.90 Å². The second kappa shape index (κ2) is 7.02. The van der Waals surface area contributed by atoms with Crippen LogP contribution in [0.15, 0.2) is 24.3 Å². The van der Waals surface area contributed by atoms with Crippen LogP contribution in [-0.4, -0.2) is 36.3 Å². The van der Waals surface area contributed by atoms with Crippen molar-refractivity contribution in [2.24, 2.45) is 5.92 Å². The highest BCUT2D eigenvalue weighted by Gasteiger charge is 2.28. The van der Waals surface area contributed by atoms with Gasteiger partial charge in [0.25, 0.3) is 0 Å². The zero-order valence-corrected chi connectivity index (χ0v) is 13.7. The molecule has 2 amide bonds. The molecule has 5 nitrogen and oxygen atoms in total. The van der Waals surface area contributed by atoms with Gasteiger partial charge in [-0.1, -0.05) is 25.3 Å². The van der Waals surface area contributed by atoms with Crippen molar-refractivity contribution in [3.05, 3.63) is 24.3 Å². The molecular weight excluding hydrogens is 290 g/mol. The number of nitrogens with one attached hydrogen (secondary N) is 2. The molecule has 5 heteroatoms. The van der Waals surface area contributed by atoms with Crippen LogP contribution in [0, 0.1) is 5.92 Å². The Morgan fingerprint density at radius 2 is 1.87 bits per heavy atom. The molecule has 2 aliphatic rings. The van der Waals surface area contributed by atoms with Crippen molar-refractivity contribution in [3.8, 4) is 0 Å². The molecule has 3 rings (SSSR count). The highest BCUT2D eigenvalue weighted by molar-refractivity contribution is 5.93. The van der Waals surface area contributed by atoms with Gasteiger partial charge in [-0.2, -0.15) is 0 Å². The number of amides is 2. The van der Waals surface area contributed by atoms with Crippen molar-refractivity contribution in [2.45, 2.75) is 44.6 Å². The van der Waals surface area contributed by atoms with Crippen LogP contribution in [-0.2, 0) is 9.59 Å². The minimum Gasteiger partial charge on any atom is -0.374 e. The van der Waals surface area contributed by atoms with Crippen LogP contribution in [0.5, 0.6) is 0 Å². The largest absolute Gasteiger partial charge is 0.374 e. The lowest BCUT2D eigenvalue weighted by Gasteiger charge is -2.21. The molecule has 1 aromatic rings. The van der Waals surface area contributed by atoms with Gasteiger partial charge in [0.15, 0.2) is 0 Å². The van der Waals surface area contributed by atoms with E-state index < -0.39 is 0 Å². The van der Waals surface area contributed by atoms with E-state index in [4.69, 9.17) is 0 Å². The zero-order chi connectivity index (χ0) is 16.2. The van der Waals surface area contributed by atoms with Gasteiger partial charge in [0.05, 0.1) is 0 Å². The fourth-order valence-electron chi connectivity index (χ4n) is 3.45. The molecule has 1 saturated heterocycles. The van der Waals surface area contributed by atoms with Gasteiger partial charge in [-0.15, -0.1) is 0 Å². The number of hydrogen-bond acceptors (Lipinski definition) is 3. The van der Waals surface area contributed by atoms with Crippen molar-refractivity contribution < 1.29 is 9.59 Å². The van der Waals surface area contributed by atoms with E-state index in [0.29, 0.717) is 0 Å². The first-order valence-electron chi connectivity index (χ1n) is 8.56. The highest BCUT2D eigenvalue weighted by atomic mass is 16.2. The molecule has 1 unspecified atom stereocenters. The summed E-state index contributed by atoms with van der Waals surface area (Å²) < 4.78 is 0. The molecule has 1 aliphatic heterocycles. The van der Waals surface area contributed by atoms with Crippen LogP contribution in [0.4, 0.5) is 11.4 Å². The molecule has 0 radical (unpaired) electrons. The minimum atomic E-state index is -0.163. The third-order valence-electron chi connectivity index (χ3n) is 4.87. The maximum Gasteiger partial charge on any atom is 0.244 e. The third-order valence-corrected chi connectivity index (χ3v) is 4.87. The molecule has 2 N–H and O–H groups in total. The Balaban J connectivity index is 1.61. The zero-order valence-electron chi connectivity index (χ0n) is 13.7. The molecular formula is C18H25N3O2. The monoisotopic (exact) mass is 315 g/mol. The lowest BCUT2D eigenvalue weighted by atomic mass is 9.88. The number of nitrogens with zero attached hydrogens (tertiary/aromatic N) is 1. The summed E-state index contributed by atoms with van der Waals surface area (Å²) in [4.78, 5) is 26.0. The Bertz CT molecular complexity index is 581. The molecule has 23 heavy (non-hydrogen) atoms. The van der Waals surface area contributed by atoms with Crippen LogP contribution in [0.3, 0.4) is 0 Å². The summed E-state index contributed by atoms with van der Waals surface area (Å²) in [6.45, 7) is 0.786. The summed E-state index contributed by atoms with van der Waals surface area (Å²) in [5, 5.41) is 6.29. The normalized spacial score (nSPS) is 22.2. The Labute approximate surface area is 137 Å². The van der Waals surface area contributed by atoms with Crippen molar-refractivity contribution in [1.82, 2.24) is 4.90 Å². The van der Waals surface area contributed by atoms with Gasteiger partial charge in [0, 0.05) is 30.9 Å². The standard InChI is InChI=1S/C18H25N3O2/c1-21-11-10-16(18(21)23)19-14-8-5-9-15(12-14)20-17(22)13-6-3-2-4-7-13/h5,8-9,12-13,16,19H,2-4,6-7,10-11H2,1H3,(H,20,22). The predicted octanol–water partition coefficient (Wildman–Crippen LogP) is 2.85. The number of benzene rings is 1. The summed E-state index contributed by atoms with van der Waals surface area (Å²) >= 11 is 0. The summed E-state index contributed by atoms with van der Waals surface area (Å²) in [6, 6.07) is 7.48. The second-order valence-corrected chi connectivity index (χ2v) is 6.65. The average molecular weight is 315 g/mol. The van der Waals surface area contributed by atoms with E-state index in [-0.39, 0.29) is 23.8 Å². The summed E-state index contributed by atoms with van der Waals surface area (Å²) in [6.07, 6.45) is 6.34. The summed E-state index contributed by atoms with van der Waals surface area (Å²) in [7, 11) is 1.82.